The molecule has 0 spiro atoms. The van der Waals surface area contributed by atoms with Gasteiger partial charge in [-0.25, -0.2) is 9.37 Å². The highest BCUT2D eigenvalue weighted by Gasteiger charge is 2.10. The molecule has 1 aromatic heterocycles. The summed E-state index contributed by atoms with van der Waals surface area (Å²) in [5.74, 6) is 0.439. The van der Waals surface area contributed by atoms with Gasteiger partial charge in [0.1, 0.15) is 11.6 Å². The van der Waals surface area contributed by atoms with E-state index in [0.29, 0.717) is 18.7 Å². The van der Waals surface area contributed by atoms with Crippen LogP contribution in [0, 0.1) is 5.82 Å². The lowest BCUT2D eigenvalue weighted by molar-refractivity contribution is 0.0953. The van der Waals surface area contributed by atoms with E-state index in [-0.39, 0.29) is 11.7 Å². The van der Waals surface area contributed by atoms with E-state index in [1.807, 2.05) is 30.3 Å². The molecule has 0 atom stereocenters. The molecule has 5 heteroatoms. The lowest BCUT2D eigenvalue weighted by Crippen LogP contribution is -2.25. The molecule has 3 aromatic rings. The zero-order valence-electron chi connectivity index (χ0n) is 13.9. The maximum absolute atomic E-state index is 12.9. The monoisotopic (exact) mass is 337 g/mol. The molecule has 1 N–H and O–H groups in total. The molecule has 4 nitrogen and oxygen atoms in total. The normalized spacial score (nSPS) is 10.8. The third-order valence-corrected chi connectivity index (χ3v) is 4.01. The Kier molecular flexibility index (Phi) is 5.23. The van der Waals surface area contributed by atoms with Crippen LogP contribution in [0.15, 0.2) is 61.2 Å². The van der Waals surface area contributed by atoms with Gasteiger partial charge >= 0.3 is 0 Å². The van der Waals surface area contributed by atoms with E-state index in [1.54, 1.807) is 0 Å². The number of benzene rings is 2. The Bertz CT molecular complexity index is 884. The highest BCUT2D eigenvalue weighted by atomic mass is 19.1. The highest BCUT2D eigenvalue weighted by Crippen LogP contribution is 2.17. The SMILES string of the molecule is C=CCn1c(CCCNC(=O)c2ccc(F)cc2)nc2ccccc21. The molecule has 0 aliphatic carbocycles. The Morgan fingerprint density at radius 1 is 1.20 bits per heavy atom. The molecule has 0 bridgehead atoms. The number of imidazole rings is 1. The van der Waals surface area contributed by atoms with Crippen molar-refractivity contribution in [2.24, 2.45) is 0 Å². The molecule has 0 saturated heterocycles. The Morgan fingerprint density at radius 3 is 2.72 bits per heavy atom. The number of aryl methyl sites for hydroxylation is 1. The lowest BCUT2D eigenvalue weighted by atomic mass is 10.2. The van der Waals surface area contributed by atoms with Crippen LogP contribution in [0.1, 0.15) is 22.6 Å². The Labute approximate surface area is 146 Å². The zero-order chi connectivity index (χ0) is 17.6. The minimum absolute atomic E-state index is 0.195. The average Bonchev–Trinajstić information content (AvgIpc) is 2.97. The summed E-state index contributed by atoms with van der Waals surface area (Å²) >= 11 is 0. The maximum Gasteiger partial charge on any atom is 0.251 e. The number of aromatic nitrogens is 2. The van der Waals surface area contributed by atoms with E-state index >= 15 is 0 Å². The fraction of sp³-hybridized carbons (Fsp3) is 0.200. The summed E-state index contributed by atoms with van der Waals surface area (Å²) in [6.07, 6.45) is 3.38. The quantitative estimate of drug-likeness (QED) is 0.527. The zero-order valence-corrected chi connectivity index (χ0v) is 13.9. The standard InChI is InChI=1S/C20H20FN3O/c1-2-14-24-18-7-4-3-6-17(18)23-19(24)8-5-13-22-20(25)15-9-11-16(21)12-10-15/h2-4,6-7,9-12H,1,5,8,13-14H2,(H,22,25). The first-order valence-electron chi connectivity index (χ1n) is 8.28. The van der Waals surface area contributed by atoms with Crippen LogP contribution in [0.3, 0.4) is 0 Å². The molecule has 0 aliphatic heterocycles. The van der Waals surface area contributed by atoms with Crippen molar-refractivity contribution in [3.8, 4) is 0 Å². The molecule has 1 amide bonds. The van der Waals surface area contributed by atoms with Crippen molar-refractivity contribution >= 4 is 16.9 Å². The van der Waals surface area contributed by atoms with Crippen LogP contribution < -0.4 is 5.32 Å². The Hall–Kier alpha value is -2.95. The lowest BCUT2D eigenvalue weighted by Gasteiger charge is -2.07. The van der Waals surface area contributed by atoms with Gasteiger partial charge in [0.25, 0.3) is 5.91 Å². The van der Waals surface area contributed by atoms with Crippen molar-refractivity contribution in [1.82, 2.24) is 14.9 Å². The van der Waals surface area contributed by atoms with Crippen LogP contribution in [-0.4, -0.2) is 22.0 Å². The number of nitrogens with zero attached hydrogens (tertiary/aromatic N) is 2. The van der Waals surface area contributed by atoms with Gasteiger partial charge in [-0.1, -0.05) is 18.2 Å². The summed E-state index contributed by atoms with van der Waals surface area (Å²) in [7, 11) is 0. The first-order valence-corrected chi connectivity index (χ1v) is 8.28. The number of carbonyl (C=O) groups is 1. The molecule has 1 heterocycles. The van der Waals surface area contributed by atoms with Gasteiger partial charge in [-0.2, -0.15) is 0 Å². The van der Waals surface area contributed by atoms with Crippen LogP contribution >= 0.6 is 0 Å². The third kappa shape index (κ3) is 3.94. The number of para-hydroxylation sites is 2. The van der Waals surface area contributed by atoms with E-state index in [1.165, 1.54) is 24.3 Å². The first kappa shape index (κ1) is 16.9. The Morgan fingerprint density at radius 2 is 1.96 bits per heavy atom. The molecule has 0 fully saturated rings. The molecule has 0 saturated carbocycles. The van der Waals surface area contributed by atoms with Gasteiger partial charge < -0.3 is 9.88 Å². The molecule has 0 unspecified atom stereocenters. The number of nitrogens with one attached hydrogen (secondary N) is 1. The van der Waals surface area contributed by atoms with Gasteiger partial charge in [0.15, 0.2) is 0 Å². The number of hydrogen-bond donors (Lipinski definition) is 1. The second-order valence-corrected chi connectivity index (χ2v) is 5.78. The number of halogens is 1. The Balaban J connectivity index is 1.59. The second kappa shape index (κ2) is 7.75. The van der Waals surface area contributed by atoms with Crippen molar-refractivity contribution in [2.45, 2.75) is 19.4 Å². The summed E-state index contributed by atoms with van der Waals surface area (Å²) in [5.41, 5.74) is 2.52. The van der Waals surface area contributed by atoms with Gasteiger partial charge in [-0.3, -0.25) is 4.79 Å². The molecular weight excluding hydrogens is 317 g/mol. The number of rotatable bonds is 7. The third-order valence-electron chi connectivity index (χ3n) is 4.01. The van der Waals surface area contributed by atoms with Gasteiger partial charge in [0.2, 0.25) is 0 Å². The molecular formula is C20H20FN3O. The first-order chi connectivity index (χ1) is 12.2. The van der Waals surface area contributed by atoms with Crippen LogP contribution in [-0.2, 0) is 13.0 Å². The van der Waals surface area contributed by atoms with Crippen molar-refractivity contribution in [3.63, 3.8) is 0 Å². The number of carbonyl (C=O) groups excluding carboxylic acids is 1. The van der Waals surface area contributed by atoms with Gasteiger partial charge in [-0.05, 0) is 42.8 Å². The smallest absolute Gasteiger partial charge is 0.251 e. The summed E-state index contributed by atoms with van der Waals surface area (Å²) in [5, 5.41) is 2.86. The van der Waals surface area contributed by atoms with Crippen molar-refractivity contribution in [1.29, 1.82) is 0 Å². The molecule has 0 aliphatic rings. The van der Waals surface area contributed by atoms with Gasteiger partial charge in [0.05, 0.1) is 11.0 Å². The number of allylic oxidation sites excluding steroid dienone is 1. The van der Waals surface area contributed by atoms with Crippen molar-refractivity contribution in [3.05, 3.63) is 78.4 Å². The number of amides is 1. The molecule has 0 radical (unpaired) electrons. The fourth-order valence-electron chi connectivity index (χ4n) is 2.80. The van der Waals surface area contributed by atoms with E-state index in [0.717, 1.165) is 29.7 Å². The minimum Gasteiger partial charge on any atom is -0.352 e. The van der Waals surface area contributed by atoms with Crippen LogP contribution in [0.4, 0.5) is 4.39 Å². The molecule has 2 aromatic carbocycles. The summed E-state index contributed by atoms with van der Waals surface area (Å²) in [6, 6.07) is 13.5. The van der Waals surface area contributed by atoms with Crippen molar-refractivity contribution in [2.75, 3.05) is 6.54 Å². The predicted molar refractivity (Wildman–Crippen MR) is 97.0 cm³/mol. The minimum atomic E-state index is -0.349. The second-order valence-electron chi connectivity index (χ2n) is 5.78. The highest BCUT2D eigenvalue weighted by molar-refractivity contribution is 5.94. The summed E-state index contributed by atoms with van der Waals surface area (Å²) in [4.78, 5) is 16.7. The van der Waals surface area contributed by atoms with E-state index in [2.05, 4.69) is 21.4 Å². The van der Waals surface area contributed by atoms with Gasteiger partial charge in [-0.15, -0.1) is 6.58 Å². The summed E-state index contributed by atoms with van der Waals surface area (Å²) in [6.45, 7) is 5.05. The van der Waals surface area contributed by atoms with Crippen LogP contribution in [0.25, 0.3) is 11.0 Å². The largest absolute Gasteiger partial charge is 0.352 e. The van der Waals surface area contributed by atoms with E-state index < -0.39 is 0 Å². The van der Waals surface area contributed by atoms with Gasteiger partial charge in [0, 0.05) is 25.1 Å². The van der Waals surface area contributed by atoms with E-state index in [9.17, 15) is 9.18 Å². The van der Waals surface area contributed by atoms with Crippen LogP contribution in [0.5, 0.6) is 0 Å². The fourth-order valence-corrected chi connectivity index (χ4v) is 2.80. The van der Waals surface area contributed by atoms with Crippen molar-refractivity contribution < 1.29 is 9.18 Å². The van der Waals surface area contributed by atoms with Crippen LogP contribution in [0.2, 0.25) is 0 Å². The molecule has 25 heavy (non-hydrogen) atoms. The average molecular weight is 337 g/mol. The molecule has 3 rings (SSSR count). The summed E-state index contributed by atoms with van der Waals surface area (Å²) < 4.78 is 15.0. The predicted octanol–water partition coefficient (Wildman–Crippen LogP) is 3.72. The number of fused-ring (bicyclic) bond motifs is 1. The topological polar surface area (TPSA) is 46.9 Å². The van der Waals surface area contributed by atoms with E-state index in [4.69, 9.17) is 0 Å². The maximum atomic E-state index is 12.9. The number of hydrogen-bond acceptors (Lipinski definition) is 2. The molecule has 128 valence electrons.